The highest BCUT2D eigenvalue weighted by Gasteiger charge is 2.00. The molecule has 0 heterocycles. The second-order valence-electron chi connectivity index (χ2n) is 4.87. The highest BCUT2D eigenvalue weighted by atomic mass is 79.9. The number of nitrogens with one attached hydrogen (secondary N) is 1. The van der Waals surface area contributed by atoms with Crippen molar-refractivity contribution in [3.8, 4) is 0 Å². The van der Waals surface area contributed by atoms with Crippen LogP contribution in [-0.4, -0.2) is 14.1 Å². The number of aryl methyl sites for hydroxylation is 1. The fraction of sp³-hybridized carbons (Fsp3) is 0.250. The Morgan fingerprint density at radius 3 is 2.37 bits per heavy atom. The van der Waals surface area contributed by atoms with Crippen molar-refractivity contribution >= 4 is 27.3 Å². The number of rotatable bonds is 4. The first-order chi connectivity index (χ1) is 9.06. The molecule has 0 saturated carbocycles. The van der Waals surface area contributed by atoms with E-state index in [9.17, 15) is 0 Å². The van der Waals surface area contributed by atoms with Crippen LogP contribution in [0.3, 0.4) is 0 Å². The summed E-state index contributed by atoms with van der Waals surface area (Å²) in [5.74, 6) is 0. The Bertz CT molecular complexity index is 547. The lowest BCUT2D eigenvalue weighted by molar-refractivity contribution is 1.11. The molecule has 1 N–H and O–H groups in total. The number of nitrogens with zero attached hydrogens (tertiary/aromatic N) is 1. The molecule has 0 aromatic heterocycles. The third-order valence-electron chi connectivity index (χ3n) is 3.14. The van der Waals surface area contributed by atoms with Crippen LogP contribution in [-0.2, 0) is 6.54 Å². The molecule has 0 aliphatic rings. The first-order valence-corrected chi connectivity index (χ1v) is 7.12. The quantitative estimate of drug-likeness (QED) is 0.896. The lowest BCUT2D eigenvalue weighted by atomic mass is 10.1. The van der Waals surface area contributed by atoms with Crippen LogP contribution in [0.15, 0.2) is 46.9 Å². The van der Waals surface area contributed by atoms with Gasteiger partial charge in [0.1, 0.15) is 0 Å². The molecule has 2 nitrogen and oxygen atoms in total. The standard InChI is InChI=1S/C16H19BrN2/c1-12-4-7-14(17)10-16(12)18-11-13-5-8-15(9-6-13)19(2)3/h4-10,18H,11H2,1-3H3. The van der Waals surface area contributed by atoms with Crippen LogP contribution in [0, 0.1) is 6.92 Å². The monoisotopic (exact) mass is 318 g/mol. The number of benzene rings is 2. The van der Waals surface area contributed by atoms with E-state index in [4.69, 9.17) is 0 Å². The van der Waals surface area contributed by atoms with Gasteiger partial charge in [0, 0.05) is 36.5 Å². The first-order valence-electron chi connectivity index (χ1n) is 6.32. The van der Waals surface area contributed by atoms with Crippen molar-refractivity contribution in [1.29, 1.82) is 0 Å². The van der Waals surface area contributed by atoms with E-state index in [-0.39, 0.29) is 0 Å². The van der Waals surface area contributed by atoms with Gasteiger partial charge in [-0.15, -0.1) is 0 Å². The van der Waals surface area contributed by atoms with Crippen LogP contribution in [0.25, 0.3) is 0 Å². The summed E-state index contributed by atoms with van der Waals surface area (Å²) >= 11 is 3.50. The molecule has 0 bridgehead atoms. The van der Waals surface area contributed by atoms with Crippen molar-refractivity contribution in [1.82, 2.24) is 0 Å². The molecule has 2 aromatic rings. The smallest absolute Gasteiger partial charge is 0.0400 e. The Morgan fingerprint density at radius 2 is 1.74 bits per heavy atom. The third-order valence-corrected chi connectivity index (χ3v) is 3.63. The zero-order valence-corrected chi connectivity index (χ0v) is 13.2. The molecule has 19 heavy (non-hydrogen) atoms. The van der Waals surface area contributed by atoms with E-state index in [0.717, 1.165) is 11.0 Å². The summed E-state index contributed by atoms with van der Waals surface area (Å²) in [6, 6.07) is 14.9. The lowest BCUT2D eigenvalue weighted by Gasteiger charge is -2.14. The van der Waals surface area contributed by atoms with Gasteiger partial charge >= 0.3 is 0 Å². The number of hydrogen-bond donors (Lipinski definition) is 1. The average molecular weight is 319 g/mol. The minimum absolute atomic E-state index is 0.838. The van der Waals surface area contributed by atoms with Gasteiger partial charge < -0.3 is 10.2 Å². The number of halogens is 1. The van der Waals surface area contributed by atoms with Crippen molar-refractivity contribution < 1.29 is 0 Å². The normalized spacial score (nSPS) is 10.3. The summed E-state index contributed by atoms with van der Waals surface area (Å²) in [4.78, 5) is 2.11. The molecular weight excluding hydrogens is 300 g/mol. The van der Waals surface area contributed by atoms with E-state index in [1.807, 2.05) is 0 Å². The highest BCUT2D eigenvalue weighted by molar-refractivity contribution is 9.10. The van der Waals surface area contributed by atoms with Crippen LogP contribution in [0.1, 0.15) is 11.1 Å². The van der Waals surface area contributed by atoms with E-state index < -0.39 is 0 Å². The van der Waals surface area contributed by atoms with Crippen LogP contribution in [0.5, 0.6) is 0 Å². The van der Waals surface area contributed by atoms with Gasteiger partial charge in [0.2, 0.25) is 0 Å². The van der Waals surface area contributed by atoms with Crippen molar-refractivity contribution in [3.63, 3.8) is 0 Å². The Balaban J connectivity index is 2.04. The molecule has 0 aliphatic heterocycles. The number of hydrogen-bond acceptors (Lipinski definition) is 2. The van der Waals surface area contributed by atoms with Crippen LogP contribution in [0.2, 0.25) is 0 Å². The van der Waals surface area contributed by atoms with E-state index >= 15 is 0 Å². The van der Waals surface area contributed by atoms with Crippen LogP contribution in [0.4, 0.5) is 11.4 Å². The Kier molecular flexibility index (Phi) is 4.48. The van der Waals surface area contributed by atoms with Crippen LogP contribution < -0.4 is 10.2 Å². The van der Waals surface area contributed by atoms with Gasteiger partial charge in [0.15, 0.2) is 0 Å². The van der Waals surface area contributed by atoms with Gasteiger partial charge in [0.25, 0.3) is 0 Å². The maximum absolute atomic E-state index is 3.50. The van der Waals surface area contributed by atoms with Crippen molar-refractivity contribution in [3.05, 3.63) is 58.1 Å². The van der Waals surface area contributed by atoms with Crippen molar-refractivity contribution in [2.45, 2.75) is 13.5 Å². The Hall–Kier alpha value is -1.48. The summed E-state index contributed by atoms with van der Waals surface area (Å²) in [6.07, 6.45) is 0. The second-order valence-corrected chi connectivity index (χ2v) is 5.79. The lowest BCUT2D eigenvalue weighted by Crippen LogP contribution is -2.08. The SMILES string of the molecule is Cc1ccc(Br)cc1NCc1ccc(N(C)C)cc1. The van der Waals surface area contributed by atoms with E-state index in [1.54, 1.807) is 0 Å². The Labute approximate surface area is 123 Å². The fourth-order valence-corrected chi connectivity index (χ4v) is 2.25. The summed E-state index contributed by atoms with van der Waals surface area (Å²) in [6.45, 7) is 2.95. The molecule has 0 aliphatic carbocycles. The summed E-state index contributed by atoms with van der Waals surface area (Å²) in [5, 5.41) is 3.48. The van der Waals surface area contributed by atoms with Crippen molar-refractivity contribution in [2.75, 3.05) is 24.3 Å². The van der Waals surface area contributed by atoms with Gasteiger partial charge in [-0.05, 0) is 42.3 Å². The van der Waals surface area contributed by atoms with Gasteiger partial charge in [-0.3, -0.25) is 0 Å². The first kappa shape index (κ1) is 13.9. The highest BCUT2D eigenvalue weighted by Crippen LogP contribution is 2.21. The second kappa shape index (κ2) is 6.11. The van der Waals surface area contributed by atoms with Crippen molar-refractivity contribution in [2.24, 2.45) is 0 Å². The van der Waals surface area contributed by atoms with E-state index in [2.05, 4.69) is 89.6 Å². The maximum atomic E-state index is 3.50. The predicted octanol–water partition coefficient (Wildman–Crippen LogP) is 4.44. The molecule has 0 atom stereocenters. The Morgan fingerprint density at radius 1 is 1.05 bits per heavy atom. The molecule has 0 amide bonds. The molecular formula is C16H19BrN2. The largest absolute Gasteiger partial charge is 0.381 e. The minimum atomic E-state index is 0.838. The third kappa shape index (κ3) is 3.74. The van der Waals surface area contributed by atoms with Gasteiger partial charge in [-0.1, -0.05) is 34.1 Å². The molecule has 2 rings (SSSR count). The molecule has 0 spiro atoms. The zero-order valence-electron chi connectivity index (χ0n) is 11.6. The molecule has 100 valence electrons. The average Bonchev–Trinajstić information content (AvgIpc) is 2.40. The number of anilines is 2. The fourth-order valence-electron chi connectivity index (χ4n) is 1.89. The molecule has 2 aromatic carbocycles. The molecule has 3 heteroatoms. The summed E-state index contributed by atoms with van der Waals surface area (Å²) < 4.78 is 1.10. The summed E-state index contributed by atoms with van der Waals surface area (Å²) in [5.41, 5.74) is 4.94. The zero-order chi connectivity index (χ0) is 13.8. The van der Waals surface area contributed by atoms with Gasteiger partial charge in [-0.2, -0.15) is 0 Å². The summed E-state index contributed by atoms with van der Waals surface area (Å²) in [7, 11) is 4.11. The topological polar surface area (TPSA) is 15.3 Å². The molecule has 0 radical (unpaired) electrons. The predicted molar refractivity (Wildman–Crippen MR) is 87.0 cm³/mol. The molecule has 0 fully saturated rings. The maximum Gasteiger partial charge on any atom is 0.0400 e. The molecule has 0 saturated heterocycles. The van der Waals surface area contributed by atoms with Crippen LogP contribution >= 0.6 is 15.9 Å². The van der Waals surface area contributed by atoms with Gasteiger partial charge in [0.05, 0.1) is 0 Å². The minimum Gasteiger partial charge on any atom is -0.381 e. The van der Waals surface area contributed by atoms with E-state index in [1.165, 1.54) is 22.5 Å². The van der Waals surface area contributed by atoms with E-state index in [0.29, 0.717) is 0 Å². The molecule has 0 unspecified atom stereocenters. The van der Waals surface area contributed by atoms with Gasteiger partial charge in [-0.25, -0.2) is 0 Å².